The van der Waals surface area contributed by atoms with Crippen LogP contribution in [0.15, 0.2) is 23.4 Å². The molecule has 1 heterocycles. The van der Waals surface area contributed by atoms with E-state index >= 15 is 0 Å². The highest BCUT2D eigenvalue weighted by Gasteiger charge is 2.30. The fraction of sp³-hybridized carbons (Fsp3) is 0.143. The Kier molecular flexibility index (Phi) is 3.40. The number of hydrogen-bond donors (Lipinski definition) is 2. The summed E-state index contributed by atoms with van der Waals surface area (Å²) < 4.78 is 38.4. The number of aromatic nitrogens is 1. The molecular weight excluding hydrogens is 231 g/mol. The normalized spacial score (nSPS) is 11.1. The number of halogens is 3. The molecule has 0 aliphatic heterocycles. The lowest BCUT2D eigenvalue weighted by atomic mass is 10.3. The zero-order valence-corrected chi connectivity index (χ0v) is 8.02. The van der Waals surface area contributed by atoms with Gasteiger partial charge in [-0.15, -0.1) is 0 Å². The van der Waals surface area contributed by atoms with Crippen molar-refractivity contribution in [2.24, 2.45) is 5.73 Å². The van der Waals surface area contributed by atoms with Gasteiger partial charge in [-0.3, -0.25) is 4.72 Å². The molecule has 0 aliphatic rings. The first kappa shape index (κ1) is 11.6. The fourth-order valence-electron chi connectivity index (χ4n) is 0.711. The number of alkyl halides is 3. The van der Waals surface area contributed by atoms with Crippen molar-refractivity contribution >= 4 is 18.0 Å². The summed E-state index contributed by atoms with van der Waals surface area (Å²) in [6.07, 6.45) is -3.72. The zero-order chi connectivity index (χ0) is 11.5. The van der Waals surface area contributed by atoms with Crippen LogP contribution in [0.1, 0.15) is 5.56 Å². The van der Waals surface area contributed by atoms with E-state index < -0.39 is 17.8 Å². The molecule has 1 aromatic rings. The Bertz CT molecular complexity index is 351. The Morgan fingerprint density at radius 2 is 2.13 bits per heavy atom. The SMILES string of the molecule is NC(=O)NSc1ccc(C(F)(F)F)cn1. The third kappa shape index (κ3) is 3.66. The Hall–Kier alpha value is -1.44. The topological polar surface area (TPSA) is 68.0 Å². The fourth-order valence-corrected chi connectivity index (χ4v) is 1.16. The van der Waals surface area contributed by atoms with Gasteiger partial charge in [0.2, 0.25) is 0 Å². The third-order valence-corrected chi connectivity index (χ3v) is 2.07. The summed E-state index contributed by atoms with van der Waals surface area (Å²) in [7, 11) is 0. The minimum absolute atomic E-state index is 0.224. The maximum atomic E-state index is 12.1. The Labute approximate surface area is 87.2 Å². The van der Waals surface area contributed by atoms with Gasteiger partial charge in [0.05, 0.1) is 5.56 Å². The van der Waals surface area contributed by atoms with Crippen LogP contribution in [-0.2, 0) is 6.18 Å². The van der Waals surface area contributed by atoms with Gasteiger partial charge in [-0.05, 0) is 12.1 Å². The molecule has 0 atom stereocenters. The van der Waals surface area contributed by atoms with Crippen molar-refractivity contribution in [3.05, 3.63) is 23.9 Å². The Morgan fingerprint density at radius 3 is 2.53 bits per heavy atom. The maximum absolute atomic E-state index is 12.1. The molecule has 0 aliphatic carbocycles. The lowest BCUT2D eigenvalue weighted by molar-refractivity contribution is -0.137. The molecular formula is C7H6F3N3OS. The van der Waals surface area contributed by atoms with E-state index in [4.69, 9.17) is 5.73 Å². The van der Waals surface area contributed by atoms with Gasteiger partial charge in [-0.2, -0.15) is 13.2 Å². The molecule has 0 saturated heterocycles. The third-order valence-electron chi connectivity index (χ3n) is 1.32. The van der Waals surface area contributed by atoms with Gasteiger partial charge in [0.25, 0.3) is 0 Å². The van der Waals surface area contributed by atoms with E-state index in [1.54, 1.807) is 0 Å². The number of carbonyl (C=O) groups excluding carboxylic acids is 1. The van der Waals surface area contributed by atoms with Crippen LogP contribution in [0.5, 0.6) is 0 Å². The maximum Gasteiger partial charge on any atom is 0.417 e. The van der Waals surface area contributed by atoms with Crippen molar-refractivity contribution < 1.29 is 18.0 Å². The molecule has 0 fully saturated rings. The van der Waals surface area contributed by atoms with Gasteiger partial charge >= 0.3 is 12.2 Å². The van der Waals surface area contributed by atoms with Crippen LogP contribution in [0.2, 0.25) is 0 Å². The largest absolute Gasteiger partial charge is 0.417 e. The van der Waals surface area contributed by atoms with E-state index in [9.17, 15) is 18.0 Å². The van der Waals surface area contributed by atoms with E-state index in [-0.39, 0.29) is 5.03 Å². The summed E-state index contributed by atoms with van der Waals surface area (Å²) in [5.41, 5.74) is 3.92. The Morgan fingerprint density at radius 1 is 1.47 bits per heavy atom. The summed E-state index contributed by atoms with van der Waals surface area (Å²) in [6.45, 7) is 0. The second-order valence-electron chi connectivity index (χ2n) is 2.45. The summed E-state index contributed by atoms with van der Waals surface area (Å²) in [5.74, 6) is 0. The molecule has 4 nitrogen and oxygen atoms in total. The lowest BCUT2D eigenvalue weighted by Crippen LogP contribution is -2.22. The molecule has 0 unspecified atom stereocenters. The summed E-state index contributed by atoms with van der Waals surface area (Å²) in [4.78, 5) is 13.8. The van der Waals surface area contributed by atoms with Crippen molar-refractivity contribution in [3.8, 4) is 0 Å². The molecule has 15 heavy (non-hydrogen) atoms. The van der Waals surface area contributed by atoms with Crippen molar-refractivity contribution in [2.45, 2.75) is 11.2 Å². The number of urea groups is 1. The molecule has 0 aromatic carbocycles. The first-order chi connectivity index (χ1) is 6.89. The molecule has 0 spiro atoms. The van der Waals surface area contributed by atoms with E-state index in [0.717, 1.165) is 24.1 Å². The van der Waals surface area contributed by atoms with Crippen LogP contribution >= 0.6 is 11.9 Å². The molecule has 1 rings (SSSR count). The lowest BCUT2D eigenvalue weighted by Gasteiger charge is -2.06. The highest BCUT2D eigenvalue weighted by atomic mass is 32.2. The van der Waals surface area contributed by atoms with E-state index in [1.807, 2.05) is 0 Å². The van der Waals surface area contributed by atoms with Crippen molar-refractivity contribution in [3.63, 3.8) is 0 Å². The van der Waals surface area contributed by atoms with E-state index in [2.05, 4.69) is 9.71 Å². The predicted molar refractivity (Wildman–Crippen MR) is 47.8 cm³/mol. The average Bonchev–Trinajstić information content (AvgIpc) is 2.14. The van der Waals surface area contributed by atoms with Crippen LogP contribution in [0.4, 0.5) is 18.0 Å². The highest BCUT2D eigenvalue weighted by molar-refractivity contribution is 7.97. The zero-order valence-electron chi connectivity index (χ0n) is 7.21. The van der Waals surface area contributed by atoms with Crippen LogP contribution < -0.4 is 10.5 Å². The molecule has 2 amide bonds. The molecule has 0 bridgehead atoms. The van der Waals surface area contributed by atoms with Gasteiger partial charge in [-0.25, -0.2) is 9.78 Å². The van der Waals surface area contributed by atoms with Crippen molar-refractivity contribution in [1.82, 2.24) is 9.71 Å². The summed E-state index contributed by atoms with van der Waals surface area (Å²) >= 11 is 0.745. The van der Waals surface area contributed by atoms with Gasteiger partial charge in [0, 0.05) is 18.1 Å². The van der Waals surface area contributed by atoms with Crippen molar-refractivity contribution in [1.29, 1.82) is 0 Å². The number of amides is 2. The first-order valence-corrected chi connectivity index (χ1v) is 4.47. The average molecular weight is 237 g/mol. The smallest absolute Gasteiger partial charge is 0.351 e. The second kappa shape index (κ2) is 4.39. The van der Waals surface area contributed by atoms with Gasteiger partial charge in [0.1, 0.15) is 5.03 Å². The molecule has 1 aromatic heterocycles. The van der Waals surface area contributed by atoms with Crippen LogP contribution in [0.3, 0.4) is 0 Å². The van der Waals surface area contributed by atoms with Gasteiger partial charge in [-0.1, -0.05) is 0 Å². The summed E-state index contributed by atoms with van der Waals surface area (Å²) in [6, 6.07) is 1.23. The quantitative estimate of drug-likeness (QED) is 0.770. The minimum atomic E-state index is -4.41. The predicted octanol–water partition coefficient (Wildman–Crippen LogP) is 1.78. The molecule has 3 N–H and O–H groups in total. The second-order valence-corrected chi connectivity index (χ2v) is 3.28. The minimum Gasteiger partial charge on any atom is -0.351 e. The van der Waals surface area contributed by atoms with Gasteiger partial charge < -0.3 is 5.73 Å². The highest BCUT2D eigenvalue weighted by Crippen LogP contribution is 2.29. The number of hydrogen-bond acceptors (Lipinski definition) is 3. The van der Waals surface area contributed by atoms with Crippen LogP contribution in [0.25, 0.3) is 0 Å². The van der Waals surface area contributed by atoms with Crippen molar-refractivity contribution in [2.75, 3.05) is 0 Å². The molecule has 0 radical (unpaired) electrons. The monoisotopic (exact) mass is 237 g/mol. The Balaban J connectivity index is 2.69. The number of carbonyl (C=O) groups is 1. The molecule has 8 heteroatoms. The number of primary amides is 1. The first-order valence-electron chi connectivity index (χ1n) is 3.65. The summed E-state index contributed by atoms with van der Waals surface area (Å²) in [5, 5.41) is 0.224. The van der Waals surface area contributed by atoms with E-state index in [0.29, 0.717) is 6.20 Å². The molecule has 0 saturated carbocycles. The van der Waals surface area contributed by atoms with Gasteiger partial charge in [0.15, 0.2) is 0 Å². The number of nitrogens with one attached hydrogen (secondary N) is 1. The van der Waals surface area contributed by atoms with Crippen LogP contribution in [-0.4, -0.2) is 11.0 Å². The van der Waals surface area contributed by atoms with E-state index in [1.165, 1.54) is 0 Å². The molecule has 82 valence electrons. The number of nitrogens with two attached hydrogens (primary N) is 1. The van der Waals surface area contributed by atoms with Crippen LogP contribution in [0, 0.1) is 0 Å². The number of nitrogens with zero attached hydrogens (tertiary/aromatic N) is 1. The standard InChI is InChI=1S/C7H6F3N3OS/c8-7(9,10)4-1-2-5(12-3-4)15-13-6(11)14/h1-3H,(H3,11,13,14). The number of rotatable bonds is 2. The number of pyridine rings is 1.